The molecular formula is C21H13ClFN5O3S. The molecule has 5 rings (SSSR count). The minimum absolute atomic E-state index is 0.0520. The van der Waals surface area contributed by atoms with Gasteiger partial charge in [-0.05, 0) is 24.3 Å². The average Bonchev–Trinajstić information content (AvgIpc) is 3.40. The number of hydrogen-bond donors (Lipinski definition) is 0. The number of hydrazone groups is 1. The van der Waals surface area contributed by atoms with Crippen LogP contribution in [0.25, 0.3) is 10.9 Å². The smallest absolute Gasteiger partial charge is 0.270 e. The van der Waals surface area contributed by atoms with Crippen LogP contribution in [0.5, 0.6) is 0 Å². The summed E-state index contributed by atoms with van der Waals surface area (Å²) in [6.07, 6.45) is 0.344. The third-order valence-corrected chi connectivity index (χ3v) is 6.39. The number of hydrogen-bond acceptors (Lipinski definition) is 7. The Kier molecular flexibility index (Phi) is 5.10. The Hall–Kier alpha value is -3.37. The van der Waals surface area contributed by atoms with Gasteiger partial charge in [-0.3, -0.25) is 14.9 Å². The van der Waals surface area contributed by atoms with E-state index < -0.39 is 16.8 Å². The number of amides is 1. The van der Waals surface area contributed by atoms with E-state index in [1.165, 1.54) is 36.0 Å². The molecular weight excluding hydrogens is 457 g/mol. The molecule has 160 valence electrons. The van der Waals surface area contributed by atoms with Crippen molar-refractivity contribution in [3.05, 3.63) is 80.7 Å². The lowest BCUT2D eigenvalue weighted by Gasteiger charge is -2.23. The van der Waals surface area contributed by atoms with Crippen molar-refractivity contribution in [3.8, 4) is 0 Å². The van der Waals surface area contributed by atoms with E-state index in [1.807, 2.05) is 0 Å². The molecule has 1 aromatic heterocycles. The predicted octanol–water partition coefficient (Wildman–Crippen LogP) is 4.72. The molecule has 11 heteroatoms. The number of non-ortho nitro benzene ring substituents is 1. The van der Waals surface area contributed by atoms with Gasteiger partial charge in [0.15, 0.2) is 5.17 Å². The minimum atomic E-state index is -0.470. The van der Waals surface area contributed by atoms with Gasteiger partial charge in [-0.1, -0.05) is 35.5 Å². The standard InChI is InChI=1S/C21H13ClFN5O3S/c22-20-15(8-12-6-13(23)4-5-16(12)24-20)18-9-17(11-2-1-3-14(7-11)28(30)31)26-27(18)21-25-19(29)10-32-21/h1-8,18H,9-10H2. The Labute approximate surface area is 189 Å². The number of fused-ring (bicyclic) bond motifs is 1. The first-order valence-electron chi connectivity index (χ1n) is 9.50. The number of nitrogens with zero attached hydrogens (tertiary/aromatic N) is 5. The van der Waals surface area contributed by atoms with Crippen molar-refractivity contribution in [2.75, 3.05) is 5.75 Å². The molecule has 2 aliphatic rings. The maximum atomic E-state index is 13.8. The van der Waals surface area contributed by atoms with Gasteiger partial charge in [-0.15, -0.1) is 0 Å². The molecule has 1 amide bonds. The van der Waals surface area contributed by atoms with Gasteiger partial charge in [-0.2, -0.15) is 10.1 Å². The molecule has 2 aromatic carbocycles. The normalized spacial score (nSPS) is 18.2. The number of halogens is 2. The van der Waals surface area contributed by atoms with Crippen molar-refractivity contribution in [3.63, 3.8) is 0 Å². The topological polar surface area (TPSA) is 101 Å². The number of aliphatic imine (C=N–C) groups is 1. The van der Waals surface area contributed by atoms with Crippen LogP contribution in [0.2, 0.25) is 5.15 Å². The number of nitro benzene ring substituents is 1. The molecule has 0 saturated carbocycles. The molecule has 32 heavy (non-hydrogen) atoms. The number of thioether (sulfide) groups is 1. The lowest BCUT2D eigenvalue weighted by atomic mass is 9.98. The van der Waals surface area contributed by atoms with E-state index in [2.05, 4.69) is 15.1 Å². The highest BCUT2D eigenvalue weighted by atomic mass is 35.5. The van der Waals surface area contributed by atoms with E-state index >= 15 is 0 Å². The number of nitro groups is 1. The zero-order valence-corrected chi connectivity index (χ0v) is 17.8. The molecule has 0 N–H and O–H groups in total. The van der Waals surface area contributed by atoms with Crippen molar-refractivity contribution in [1.82, 2.24) is 9.99 Å². The van der Waals surface area contributed by atoms with E-state index in [0.29, 0.717) is 39.3 Å². The molecule has 0 radical (unpaired) electrons. The molecule has 3 aromatic rings. The summed E-state index contributed by atoms with van der Waals surface area (Å²) in [5.41, 5.74) is 2.25. The maximum absolute atomic E-state index is 13.8. The molecule has 0 saturated heterocycles. The first-order chi connectivity index (χ1) is 15.4. The summed E-state index contributed by atoms with van der Waals surface area (Å²) in [6, 6.07) is 11.7. The molecule has 8 nitrogen and oxygen atoms in total. The number of carbonyl (C=O) groups excluding carboxylic acids is 1. The number of aromatic nitrogens is 1. The third-order valence-electron chi connectivity index (χ3n) is 5.16. The molecule has 0 fully saturated rings. The minimum Gasteiger partial charge on any atom is -0.272 e. The Morgan fingerprint density at radius 3 is 2.81 bits per heavy atom. The van der Waals surface area contributed by atoms with Gasteiger partial charge in [0, 0.05) is 35.1 Å². The predicted molar refractivity (Wildman–Crippen MR) is 120 cm³/mol. The van der Waals surface area contributed by atoms with Crippen LogP contribution in [0.1, 0.15) is 23.6 Å². The lowest BCUT2D eigenvalue weighted by Crippen LogP contribution is -2.24. The second-order valence-electron chi connectivity index (χ2n) is 7.20. The van der Waals surface area contributed by atoms with Crippen LogP contribution in [-0.2, 0) is 4.79 Å². The zero-order chi connectivity index (χ0) is 22.4. The molecule has 1 unspecified atom stereocenters. The van der Waals surface area contributed by atoms with Gasteiger partial charge in [0.1, 0.15) is 11.0 Å². The highest BCUT2D eigenvalue weighted by Gasteiger charge is 2.36. The first-order valence-corrected chi connectivity index (χ1v) is 10.9. The molecule has 0 spiro atoms. The number of amidine groups is 1. The van der Waals surface area contributed by atoms with Crippen molar-refractivity contribution in [2.24, 2.45) is 10.1 Å². The van der Waals surface area contributed by atoms with Gasteiger partial charge in [0.25, 0.3) is 11.6 Å². The fourth-order valence-corrected chi connectivity index (χ4v) is 4.75. The van der Waals surface area contributed by atoms with Gasteiger partial charge >= 0.3 is 0 Å². The van der Waals surface area contributed by atoms with Gasteiger partial charge < -0.3 is 0 Å². The van der Waals surface area contributed by atoms with Gasteiger partial charge in [0.05, 0.1) is 27.9 Å². The highest BCUT2D eigenvalue weighted by molar-refractivity contribution is 8.14. The molecule has 0 bridgehead atoms. The van der Waals surface area contributed by atoms with Gasteiger partial charge in [-0.25, -0.2) is 14.4 Å². The summed E-state index contributed by atoms with van der Waals surface area (Å²) < 4.78 is 13.8. The van der Waals surface area contributed by atoms with Crippen LogP contribution in [-0.4, -0.2) is 37.5 Å². The van der Waals surface area contributed by atoms with E-state index in [0.717, 1.165) is 0 Å². The number of carbonyl (C=O) groups is 1. The Morgan fingerprint density at radius 1 is 1.22 bits per heavy atom. The summed E-state index contributed by atoms with van der Waals surface area (Å²) >= 11 is 7.75. The van der Waals surface area contributed by atoms with Crippen molar-refractivity contribution >= 4 is 56.7 Å². The van der Waals surface area contributed by atoms with Crippen LogP contribution in [0.15, 0.2) is 58.6 Å². The third kappa shape index (κ3) is 3.71. The second kappa shape index (κ2) is 7.95. The quantitative estimate of drug-likeness (QED) is 0.312. The second-order valence-corrected chi connectivity index (χ2v) is 8.50. The van der Waals surface area contributed by atoms with Crippen molar-refractivity contribution < 1.29 is 14.1 Å². The SMILES string of the molecule is O=C1CSC(N2N=C(c3cccc([N+](=O)[O-])c3)CC2c2cc3cc(F)ccc3nc2Cl)=N1. The number of benzene rings is 2. The first kappa shape index (κ1) is 20.5. The fourth-order valence-electron chi connectivity index (χ4n) is 3.69. The monoisotopic (exact) mass is 469 g/mol. The van der Waals surface area contributed by atoms with Crippen molar-refractivity contribution in [2.45, 2.75) is 12.5 Å². The summed E-state index contributed by atoms with van der Waals surface area (Å²) in [7, 11) is 0. The fraction of sp³-hybridized carbons (Fsp3) is 0.143. The van der Waals surface area contributed by atoms with E-state index in [1.54, 1.807) is 29.3 Å². The Bertz CT molecular complexity index is 1360. The summed E-state index contributed by atoms with van der Waals surface area (Å²) in [5.74, 6) is -0.465. The van der Waals surface area contributed by atoms with Crippen LogP contribution in [0.4, 0.5) is 10.1 Å². The molecule has 3 heterocycles. The molecule has 2 aliphatic heterocycles. The van der Waals surface area contributed by atoms with Crippen LogP contribution in [0, 0.1) is 15.9 Å². The van der Waals surface area contributed by atoms with E-state index in [-0.39, 0.29) is 22.5 Å². The summed E-state index contributed by atoms with van der Waals surface area (Å²) in [6.45, 7) is 0. The summed E-state index contributed by atoms with van der Waals surface area (Å²) in [4.78, 5) is 30.9. The molecule has 0 aliphatic carbocycles. The Balaban J connectivity index is 1.60. The zero-order valence-electron chi connectivity index (χ0n) is 16.2. The average molecular weight is 470 g/mol. The largest absolute Gasteiger partial charge is 0.272 e. The highest BCUT2D eigenvalue weighted by Crippen LogP contribution is 2.40. The van der Waals surface area contributed by atoms with Crippen LogP contribution in [0.3, 0.4) is 0 Å². The van der Waals surface area contributed by atoms with Crippen LogP contribution >= 0.6 is 23.4 Å². The van der Waals surface area contributed by atoms with E-state index in [4.69, 9.17) is 11.6 Å². The molecule has 1 atom stereocenters. The Morgan fingerprint density at radius 2 is 2.06 bits per heavy atom. The lowest BCUT2D eigenvalue weighted by molar-refractivity contribution is -0.384. The van der Waals surface area contributed by atoms with Gasteiger partial charge in [0.2, 0.25) is 0 Å². The number of rotatable bonds is 3. The van der Waals surface area contributed by atoms with Crippen LogP contribution < -0.4 is 0 Å². The van der Waals surface area contributed by atoms with E-state index in [9.17, 15) is 19.3 Å². The maximum Gasteiger partial charge on any atom is 0.270 e. The van der Waals surface area contributed by atoms with Crippen molar-refractivity contribution in [1.29, 1.82) is 0 Å². The number of pyridine rings is 1. The summed E-state index contributed by atoms with van der Waals surface area (Å²) in [5, 5.41) is 18.6.